The number of ether oxygens (including phenoxy) is 1. The topological polar surface area (TPSA) is 55.0 Å². The third-order valence-corrected chi connectivity index (χ3v) is 3.45. The summed E-state index contributed by atoms with van der Waals surface area (Å²) in [7, 11) is 0. The van der Waals surface area contributed by atoms with Gasteiger partial charge in [-0.05, 0) is 19.3 Å². The second-order valence-electron chi connectivity index (χ2n) is 5.36. The Kier molecular flexibility index (Phi) is 5.43. The van der Waals surface area contributed by atoms with E-state index >= 15 is 0 Å². The maximum atomic E-state index is 11.5. The Balaban J connectivity index is 1.69. The molecular weight excluding hydrogens is 240 g/mol. The van der Waals surface area contributed by atoms with Crippen molar-refractivity contribution in [3.63, 3.8) is 0 Å². The van der Waals surface area contributed by atoms with Gasteiger partial charge < -0.3 is 9.72 Å². The van der Waals surface area contributed by atoms with Gasteiger partial charge in [0.05, 0.1) is 12.7 Å². The molecule has 4 heteroatoms. The predicted molar refractivity (Wildman–Crippen MR) is 75.7 cm³/mol. The maximum absolute atomic E-state index is 11.5. The average Bonchev–Trinajstić information content (AvgIpc) is 3.21. The highest BCUT2D eigenvalue weighted by Crippen LogP contribution is 2.37. The van der Waals surface area contributed by atoms with E-state index in [1.165, 1.54) is 38.2 Å². The zero-order valence-electron chi connectivity index (χ0n) is 11.8. The molecule has 1 aliphatic carbocycles. The number of H-pyrrole nitrogens is 1. The van der Waals surface area contributed by atoms with Gasteiger partial charge in [-0.25, -0.2) is 0 Å². The molecule has 19 heavy (non-hydrogen) atoms. The van der Waals surface area contributed by atoms with Gasteiger partial charge in [0.2, 0.25) is 5.88 Å². The molecular formula is C15H24N2O2. The molecule has 1 aromatic rings. The lowest BCUT2D eigenvalue weighted by atomic mass is 10.1. The maximum Gasteiger partial charge on any atom is 0.254 e. The Morgan fingerprint density at radius 3 is 2.74 bits per heavy atom. The van der Waals surface area contributed by atoms with E-state index in [-0.39, 0.29) is 5.56 Å². The molecule has 106 valence electrons. The van der Waals surface area contributed by atoms with Gasteiger partial charge in [-0.3, -0.25) is 4.79 Å². The molecule has 1 N–H and O–H groups in total. The highest BCUT2D eigenvalue weighted by molar-refractivity contribution is 5.13. The molecule has 0 amide bonds. The zero-order chi connectivity index (χ0) is 13.5. The molecule has 0 aliphatic heterocycles. The third-order valence-electron chi connectivity index (χ3n) is 3.45. The second-order valence-corrected chi connectivity index (χ2v) is 5.36. The van der Waals surface area contributed by atoms with Crippen LogP contribution < -0.4 is 10.3 Å². The monoisotopic (exact) mass is 264 g/mol. The summed E-state index contributed by atoms with van der Waals surface area (Å²) in [5.41, 5.74) is -0.102. The quantitative estimate of drug-likeness (QED) is 0.696. The van der Waals surface area contributed by atoms with Crippen LogP contribution in [-0.2, 0) is 0 Å². The molecule has 0 bridgehead atoms. The van der Waals surface area contributed by atoms with Gasteiger partial charge in [0.25, 0.3) is 5.56 Å². The first-order chi connectivity index (χ1) is 9.29. The Morgan fingerprint density at radius 2 is 2.00 bits per heavy atom. The molecule has 1 aliphatic rings. The fraction of sp³-hybridized carbons (Fsp3) is 0.733. The molecule has 1 fully saturated rings. The van der Waals surface area contributed by atoms with Crippen molar-refractivity contribution in [3.8, 4) is 5.88 Å². The van der Waals surface area contributed by atoms with E-state index in [0.29, 0.717) is 18.4 Å². The summed E-state index contributed by atoms with van der Waals surface area (Å²) in [6, 6.07) is 1.45. The van der Waals surface area contributed by atoms with Gasteiger partial charge in [0, 0.05) is 5.92 Å². The first kappa shape index (κ1) is 14.1. The highest BCUT2D eigenvalue weighted by atomic mass is 16.5. The van der Waals surface area contributed by atoms with Gasteiger partial charge in [-0.2, -0.15) is 4.98 Å². The summed E-state index contributed by atoms with van der Waals surface area (Å²) >= 11 is 0. The summed E-state index contributed by atoms with van der Waals surface area (Å²) in [5, 5.41) is 0. The van der Waals surface area contributed by atoms with Gasteiger partial charge in [0.1, 0.15) is 5.82 Å². The molecule has 0 atom stereocenters. The van der Waals surface area contributed by atoms with Crippen molar-refractivity contribution < 1.29 is 4.74 Å². The Hall–Kier alpha value is -1.32. The number of unbranched alkanes of at least 4 members (excludes halogenated alkanes) is 5. The standard InChI is InChI=1S/C15H24N2O2/c1-2-3-4-5-6-7-10-19-14-11-13(18)16-15(17-14)12-8-9-12/h11-12H,2-10H2,1H3,(H,16,17,18). The van der Waals surface area contributed by atoms with E-state index in [9.17, 15) is 4.79 Å². The van der Waals surface area contributed by atoms with Crippen LogP contribution in [0.25, 0.3) is 0 Å². The van der Waals surface area contributed by atoms with Crippen molar-refractivity contribution in [1.29, 1.82) is 0 Å². The Labute approximate surface area is 114 Å². The van der Waals surface area contributed by atoms with E-state index in [1.54, 1.807) is 0 Å². The number of rotatable bonds is 9. The summed E-state index contributed by atoms with van der Waals surface area (Å²) < 4.78 is 5.58. The fourth-order valence-electron chi connectivity index (χ4n) is 2.14. The third kappa shape index (κ3) is 5.05. The van der Waals surface area contributed by atoms with Gasteiger partial charge in [-0.15, -0.1) is 0 Å². The Bertz CT molecular complexity index is 438. The number of nitrogens with one attached hydrogen (secondary N) is 1. The minimum absolute atomic E-state index is 0.102. The summed E-state index contributed by atoms with van der Waals surface area (Å²) in [6.07, 6.45) is 9.67. The van der Waals surface area contributed by atoms with E-state index in [4.69, 9.17) is 4.74 Å². The van der Waals surface area contributed by atoms with Crippen molar-refractivity contribution >= 4 is 0 Å². The summed E-state index contributed by atoms with van der Waals surface area (Å²) in [5.74, 6) is 1.73. The Morgan fingerprint density at radius 1 is 1.26 bits per heavy atom. The molecule has 0 aromatic carbocycles. The molecule has 1 heterocycles. The molecule has 0 radical (unpaired) electrons. The van der Waals surface area contributed by atoms with E-state index in [2.05, 4.69) is 16.9 Å². The largest absolute Gasteiger partial charge is 0.477 e. The summed E-state index contributed by atoms with van der Waals surface area (Å²) in [6.45, 7) is 2.88. The number of hydrogen-bond donors (Lipinski definition) is 1. The van der Waals surface area contributed by atoms with Crippen LogP contribution in [0.15, 0.2) is 10.9 Å². The summed E-state index contributed by atoms with van der Waals surface area (Å²) in [4.78, 5) is 18.6. The van der Waals surface area contributed by atoms with Crippen molar-refractivity contribution in [3.05, 3.63) is 22.2 Å². The average molecular weight is 264 g/mol. The lowest BCUT2D eigenvalue weighted by Crippen LogP contribution is -2.12. The van der Waals surface area contributed by atoms with Crippen LogP contribution in [0.2, 0.25) is 0 Å². The smallest absolute Gasteiger partial charge is 0.254 e. The van der Waals surface area contributed by atoms with Crippen LogP contribution in [0.1, 0.15) is 70.0 Å². The molecule has 0 saturated heterocycles. The number of hydrogen-bond acceptors (Lipinski definition) is 3. The zero-order valence-corrected chi connectivity index (χ0v) is 11.8. The molecule has 2 rings (SSSR count). The van der Waals surface area contributed by atoms with Gasteiger partial charge in [0.15, 0.2) is 0 Å². The molecule has 1 saturated carbocycles. The number of aromatic nitrogens is 2. The van der Waals surface area contributed by atoms with E-state index in [1.807, 2.05) is 0 Å². The number of nitrogens with zero attached hydrogens (tertiary/aromatic N) is 1. The highest BCUT2D eigenvalue weighted by Gasteiger charge is 2.26. The van der Waals surface area contributed by atoms with Crippen molar-refractivity contribution in [2.75, 3.05) is 6.61 Å². The van der Waals surface area contributed by atoms with E-state index < -0.39 is 0 Å². The van der Waals surface area contributed by atoms with Crippen molar-refractivity contribution in [2.45, 2.75) is 64.2 Å². The lowest BCUT2D eigenvalue weighted by molar-refractivity contribution is 0.291. The van der Waals surface area contributed by atoms with Crippen LogP contribution >= 0.6 is 0 Å². The van der Waals surface area contributed by atoms with Crippen molar-refractivity contribution in [2.24, 2.45) is 0 Å². The molecule has 1 aromatic heterocycles. The van der Waals surface area contributed by atoms with Crippen LogP contribution in [0.5, 0.6) is 5.88 Å². The minimum Gasteiger partial charge on any atom is -0.477 e. The molecule has 0 spiro atoms. The lowest BCUT2D eigenvalue weighted by Gasteiger charge is -2.06. The fourth-order valence-corrected chi connectivity index (χ4v) is 2.14. The van der Waals surface area contributed by atoms with Gasteiger partial charge >= 0.3 is 0 Å². The van der Waals surface area contributed by atoms with Crippen LogP contribution in [0.3, 0.4) is 0 Å². The van der Waals surface area contributed by atoms with Crippen LogP contribution in [0.4, 0.5) is 0 Å². The minimum atomic E-state index is -0.102. The number of aromatic amines is 1. The first-order valence-electron chi connectivity index (χ1n) is 7.53. The molecule has 4 nitrogen and oxygen atoms in total. The van der Waals surface area contributed by atoms with Crippen LogP contribution in [-0.4, -0.2) is 16.6 Å². The second kappa shape index (κ2) is 7.31. The first-order valence-corrected chi connectivity index (χ1v) is 7.53. The van der Waals surface area contributed by atoms with E-state index in [0.717, 1.165) is 25.1 Å². The van der Waals surface area contributed by atoms with Crippen molar-refractivity contribution in [1.82, 2.24) is 9.97 Å². The van der Waals surface area contributed by atoms with Gasteiger partial charge in [-0.1, -0.05) is 39.0 Å². The van der Waals surface area contributed by atoms with Crippen LogP contribution in [0, 0.1) is 0 Å². The normalized spacial score (nSPS) is 14.6. The molecule has 0 unspecified atom stereocenters. The SMILES string of the molecule is CCCCCCCCOc1cc(=O)[nH]c(C2CC2)n1. The predicted octanol–water partition coefficient (Wildman–Crippen LogP) is 3.39.